The summed E-state index contributed by atoms with van der Waals surface area (Å²) in [5.74, 6) is 0. The van der Waals surface area contributed by atoms with Gasteiger partial charge in [-0.3, -0.25) is 0 Å². The van der Waals surface area contributed by atoms with Crippen LogP contribution in [-0.2, 0) is 0 Å². The number of hydrogen-bond acceptors (Lipinski definition) is 1. The zero-order valence-corrected chi connectivity index (χ0v) is 7.65. The molecule has 0 fully saturated rings. The van der Waals surface area contributed by atoms with Crippen LogP contribution in [0.25, 0.3) is 0 Å². The van der Waals surface area contributed by atoms with E-state index in [1.54, 1.807) is 0 Å². The van der Waals surface area contributed by atoms with Crippen LogP contribution < -0.4 is 5.73 Å². The Balaban J connectivity index is 0. The van der Waals surface area contributed by atoms with Crippen LogP contribution >= 0.6 is 32.9 Å². The van der Waals surface area contributed by atoms with E-state index in [0.29, 0.717) is 4.83 Å². The lowest BCUT2D eigenvalue weighted by Gasteiger charge is -1.93. The summed E-state index contributed by atoms with van der Waals surface area (Å²) in [6.45, 7) is 2.87. The van der Waals surface area contributed by atoms with Crippen molar-refractivity contribution in [2.45, 2.75) is 18.2 Å². The van der Waals surface area contributed by atoms with Crippen LogP contribution in [0.1, 0.15) is 13.3 Å². The van der Waals surface area contributed by atoms with E-state index in [4.69, 9.17) is 5.73 Å². The van der Waals surface area contributed by atoms with E-state index in [9.17, 15) is 0 Å². The predicted molar refractivity (Wildman–Crippen MR) is 42.4 cm³/mol. The Bertz CT molecular complexity index is 30.9. The van der Waals surface area contributed by atoms with Crippen LogP contribution in [0.2, 0.25) is 0 Å². The summed E-state index contributed by atoms with van der Waals surface area (Å²) in [5.41, 5.74) is 5.20. The monoisotopic (exact) mass is 231 g/mol. The highest BCUT2D eigenvalue weighted by Crippen LogP contribution is 1.99. The number of halogens is 2. The first-order valence-corrected chi connectivity index (χ1v) is 3.03. The molecule has 46 valence electrons. The molecule has 0 aliphatic rings. The van der Waals surface area contributed by atoms with Crippen LogP contribution in [0.15, 0.2) is 0 Å². The minimum Gasteiger partial charge on any atom is -0.330 e. The molecule has 7 heavy (non-hydrogen) atoms. The smallest absolute Gasteiger partial charge is 0.0129 e. The molecule has 0 spiro atoms. The minimum atomic E-state index is 0. The molecular weight excluding hydrogens is 222 g/mol. The Kier molecular flexibility index (Phi) is 10.7. The van der Waals surface area contributed by atoms with Crippen LogP contribution in [0, 0.1) is 0 Å². The van der Waals surface area contributed by atoms with Crippen molar-refractivity contribution in [1.82, 2.24) is 0 Å². The molecule has 0 saturated heterocycles. The molecule has 0 aromatic rings. The molecule has 0 aliphatic carbocycles. The summed E-state index contributed by atoms with van der Waals surface area (Å²) < 4.78 is 0. The predicted octanol–water partition coefficient (Wildman–Crippen LogP) is 1.70. The van der Waals surface area contributed by atoms with Gasteiger partial charge in [-0.15, -0.1) is 17.0 Å². The fourth-order valence-corrected chi connectivity index (χ4v) is 0.494. The van der Waals surface area contributed by atoms with Gasteiger partial charge in [0.2, 0.25) is 0 Å². The number of alkyl halides is 1. The van der Waals surface area contributed by atoms with Gasteiger partial charge in [-0.25, -0.2) is 0 Å². The van der Waals surface area contributed by atoms with Gasteiger partial charge in [0.25, 0.3) is 0 Å². The molecule has 1 nitrogen and oxygen atoms in total. The molecule has 0 bridgehead atoms. The Hall–Kier alpha value is 0.920. The lowest BCUT2D eigenvalue weighted by molar-refractivity contribution is 0.834. The third kappa shape index (κ3) is 10.9. The largest absolute Gasteiger partial charge is 0.330 e. The standard InChI is InChI=1S/C4H10BrN.BrH/c1-4(5)2-3-6;/h4H,2-3,6H2,1H3;1H. The highest BCUT2D eigenvalue weighted by Gasteiger charge is 1.88. The maximum atomic E-state index is 5.20. The third-order valence-electron chi connectivity index (χ3n) is 0.564. The second kappa shape index (κ2) is 6.92. The van der Waals surface area contributed by atoms with Gasteiger partial charge < -0.3 is 5.73 Å². The molecule has 0 heterocycles. The van der Waals surface area contributed by atoms with Gasteiger partial charge in [0.15, 0.2) is 0 Å². The minimum absolute atomic E-state index is 0. The topological polar surface area (TPSA) is 26.0 Å². The molecule has 0 aromatic carbocycles. The highest BCUT2D eigenvalue weighted by molar-refractivity contribution is 9.09. The Morgan fingerprint density at radius 1 is 1.71 bits per heavy atom. The molecular formula is C4H11Br2N. The normalized spacial score (nSPS) is 12.4. The molecule has 0 saturated carbocycles. The van der Waals surface area contributed by atoms with Crippen molar-refractivity contribution in [3.63, 3.8) is 0 Å². The van der Waals surface area contributed by atoms with Gasteiger partial charge in [-0.1, -0.05) is 22.9 Å². The average Bonchev–Trinajstić information content (AvgIpc) is 1.35. The third-order valence-corrected chi connectivity index (χ3v) is 1.02. The van der Waals surface area contributed by atoms with E-state index in [-0.39, 0.29) is 17.0 Å². The van der Waals surface area contributed by atoms with Crippen molar-refractivity contribution in [1.29, 1.82) is 0 Å². The number of rotatable bonds is 2. The maximum Gasteiger partial charge on any atom is 0.0129 e. The van der Waals surface area contributed by atoms with E-state index < -0.39 is 0 Å². The van der Waals surface area contributed by atoms with Crippen molar-refractivity contribution < 1.29 is 0 Å². The molecule has 0 aliphatic heterocycles. The van der Waals surface area contributed by atoms with Crippen molar-refractivity contribution in [2.75, 3.05) is 6.54 Å². The lowest BCUT2D eigenvalue weighted by atomic mass is 10.3. The summed E-state index contributed by atoms with van der Waals surface area (Å²) in [5, 5.41) is 0. The first kappa shape index (κ1) is 10.8. The van der Waals surface area contributed by atoms with Crippen LogP contribution in [0.5, 0.6) is 0 Å². The maximum absolute atomic E-state index is 5.20. The van der Waals surface area contributed by atoms with Gasteiger partial charge in [0.05, 0.1) is 0 Å². The van der Waals surface area contributed by atoms with Crippen molar-refractivity contribution in [3.8, 4) is 0 Å². The first-order valence-electron chi connectivity index (χ1n) is 2.11. The second-order valence-corrected chi connectivity index (χ2v) is 2.92. The van der Waals surface area contributed by atoms with E-state index in [1.807, 2.05) is 0 Å². The highest BCUT2D eigenvalue weighted by atomic mass is 79.9. The van der Waals surface area contributed by atoms with Crippen LogP contribution in [0.3, 0.4) is 0 Å². The van der Waals surface area contributed by atoms with Gasteiger partial charge in [-0.05, 0) is 13.0 Å². The molecule has 0 rings (SSSR count). The Labute approximate surface area is 63.6 Å². The molecule has 0 radical (unpaired) electrons. The molecule has 2 N–H and O–H groups in total. The van der Waals surface area contributed by atoms with Gasteiger partial charge in [0, 0.05) is 4.83 Å². The molecule has 3 heteroatoms. The Morgan fingerprint density at radius 2 is 2.14 bits per heavy atom. The zero-order chi connectivity index (χ0) is 4.99. The quantitative estimate of drug-likeness (QED) is 0.721. The zero-order valence-electron chi connectivity index (χ0n) is 4.36. The first-order chi connectivity index (χ1) is 2.77. The van der Waals surface area contributed by atoms with Crippen molar-refractivity contribution in [2.24, 2.45) is 5.73 Å². The molecule has 0 aromatic heterocycles. The average molecular weight is 233 g/mol. The molecule has 0 amide bonds. The summed E-state index contributed by atoms with van der Waals surface area (Å²) in [7, 11) is 0. The Morgan fingerprint density at radius 3 is 2.14 bits per heavy atom. The van der Waals surface area contributed by atoms with E-state index >= 15 is 0 Å². The summed E-state index contributed by atoms with van der Waals surface area (Å²) >= 11 is 3.35. The second-order valence-electron chi connectivity index (χ2n) is 1.36. The summed E-state index contributed by atoms with van der Waals surface area (Å²) in [6, 6.07) is 0. The van der Waals surface area contributed by atoms with E-state index in [2.05, 4.69) is 22.9 Å². The van der Waals surface area contributed by atoms with Gasteiger partial charge in [-0.2, -0.15) is 0 Å². The summed E-state index contributed by atoms with van der Waals surface area (Å²) in [6.07, 6.45) is 1.07. The fraction of sp³-hybridized carbons (Fsp3) is 1.00. The van der Waals surface area contributed by atoms with Crippen molar-refractivity contribution in [3.05, 3.63) is 0 Å². The van der Waals surface area contributed by atoms with Crippen LogP contribution in [0.4, 0.5) is 0 Å². The SMILES string of the molecule is Br.CC(Br)CCN. The van der Waals surface area contributed by atoms with Crippen LogP contribution in [-0.4, -0.2) is 11.4 Å². The summed E-state index contributed by atoms with van der Waals surface area (Å²) in [4.78, 5) is 0.586. The number of hydrogen-bond donors (Lipinski definition) is 1. The lowest BCUT2D eigenvalue weighted by Crippen LogP contribution is -2.03. The van der Waals surface area contributed by atoms with Gasteiger partial charge >= 0.3 is 0 Å². The van der Waals surface area contributed by atoms with Crippen molar-refractivity contribution >= 4 is 32.9 Å². The number of nitrogens with two attached hydrogens (primary N) is 1. The van der Waals surface area contributed by atoms with Gasteiger partial charge in [0.1, 0.15) is 0 Å². The fourth-order valence-electron chi connectivity index (χ4n) is 0.230. The molecule has 1 unspecified atom stereocenters. The van der Waals surface area contributed by atoms with E-state index in [0.717, 1.165) is 13.0 Å². The molecule has 1 atom stereocenters. The van der Waals surface area contributed by atoms with E-state index in [1.165, 1.54) is 0 Å².